The molecule has 128 valence electrons. The fourth-order valence-corrected chi connectivity index (χ4v) is 2.56. The summed E-state index contributed by atoms with van der Waals surface area (Å²) in [5, 5.41) is 2.81. The number of hydrogen-bond donors (Lipinski definition) is 1. The Morgan fingerprint density at radius 1 is 1.43 bits per heavy atom. The van der Waals surface area contributed by atoms with Crippen molar-refractivity contribution in [1.29, 1.82) is 0 Å². The standard InChI is InChI=1S/C17H28N4O2/c1-5-6-15-19-11-13-7-9-21(12-14(13)20-15)10-8-18-16(22)23-17(2,3)4/h11H,5-10,12H2,1-4H3,(H,18,22). The number of alkyl carbamates (subject to hydrolysis) is 1. The number of nitrogens with zero attached hydrogens (tertiary/aromatic N) is 3. The number of fused-ring (bicyclic) bond motifs is 1. The molecule has 6 nitrogen and oxygen atoms in total. The highest BCUT2D eigenvalue weighted by atomic mass is 16.6. The lowest BCUT2D eigenvalue weighted by molar-refractivity contribution is 0.0521. The van der Waals surface area contributed by atoms with Gasteiger partial charge in [-0.15, -0.1) is 0 Å². The van der Waals surface area contributed by atoms with E-state index in [2.05, 4.69) is 27.1 Å². The fraction of sp³-hybridized carbons (Fsp3) is 0.706. The zero-order valence-electron chi connectivity index (χ0n) is 14.7. The highest BCUT2D eigenvalue weighted by molar-refractivity contribution is 5.67. The van der Waals surface area contributed by atoms with E-state index in [1.54, 1.807) is 0 Å². The van der Waals surface area contributed by atoms with Gasteiger partial charge in [-0.3, -0.25) is 4.90 Å². The topological polar surface area (TPSA) is 67.4 Å². The van der Waals surface area contributed by atoms with Gasteiger partial charge in [0.2, 0.25) is 0 Å². The second-order valence-electron chi connectivity index (χ2n) is 6.96. The van der Waals surface area contributed by atoms with E-state index >= 15 is 0 Å². The summed E-state index contributed by atoms with van der Waals surface area (Å²) in [5.41, 5.74) is 1.92. The van der Waals surface area contributed by atoms with Gasteiger partial charge in [-0.1, -0.05) is 6.92 Å². The summed E-state index contributed by atoms with van der Waals surface area (Å²) < 4.78 is 5.24. The number of aryl methyl sites for hydroxylation is 1. The van der Waals surface area contributed by atoms with Crippen molar-refractivity contribution in [2.24, 2.45) is 0 Å². The van der Waals surface area contributed by atoms with Crippen molar-refractivity contribution in [2.75, 3.05) is 19.6 Å². The number of ether oxygens (including phenoxy) is 1. The molecule has 1 amide bonds. The predicted octanol–water partition coefficient (Wildman–Crippen LogP) is 2.31. The third-order valence-corrected chi connectivity index (χ3v) is 3.64. The summed E-state index contributed by atoms with van der Waals surface area (Å²) in [6, 6.07) is 0. The molecular weight excluding hydrogens is 292 g/mol. The summed E-state index contributed by atoms with van der Waals surface area (Å²) in [4.78, 5) is 23.1. The molecule has 0 atom stereocenters. The van der Waals surface area contributed by atoms with Crippen LogP contribution in [0, 0.1) is 0 Å². The average molecular weight is 320 g/mol. The van der Waals surface area contributed by atoms with Crippen LogP contribution in [-0.2, 0) is 24.1 Å². The smallest absolute Gasteiger partial charge is 0.407 e. The quantitative estimate of drug-likeness (QED) is 0.902. The second kappa shape index (κ2) is 7.73. The molecule has 1 aromatic rings. The number of rotatable bonds is 5. The first-order valence-corrected chi connectivity index (χ1v) is 8.40. The molecule has 1 aliphatic rings. The molecule has 0 aliphatic carbocycles. The molecule has 0 radical (unpaired) electrons. The minimum Gasteiger partial charge on any atom is -0.444 e. The molecule has 1 aromatic heterocycles. The Balaban J connectivity index is 1.80. The summed E-state index contributed by atoms with van der Waals surface area (Å²) in [7, 11) is 0. The third kappa shape index (κ3) is 5.78. The van der Waals surface area contributed by atoms with E-state index in [1.807, 2.05) is 27.0 Å². The number of carbonyl (C=O) groups is 1. The van der Waals surface area contributed by atoms with E-state index < -0.39 is 5.60 Å². The number of nitrogens with one attached hydrogen (secondary N) is 1. The number of amides is 1. The first-order chi connectivity index (χ1) is 10.9. The molecule has 0 saturated carbocycles. The Labute approximate surface area is 138 Å². The normalized spacial score (nSPS) is 15.1. The molecule has 23 heavy (non-hydrogen) atoms. The van der Waals surface area contributed by atoms with Crippen LogP contribution in [-0.4, -0.2) is 46.2 Å². The van der Waals surface area contributed by atoms with Gasteiger partial charge in [-0.25, -0.2) is 14.8 Å². The largest absolute Gasteiger partial charge is 0.444 e. The van der Waals surface area contributed by atoms with Gasteiger partial charge < -0.3 is 10.1 Å². The van der Waals surface area contributed by atoms with E-state index in [-0.39, 0.29) is 6.09 Å². The maximum atomic E-state index is 11.6. The molecule has 0 bridgehead atoms. The van der Waals surface area contributed by atoms with Crippen LogP contribution in [0.3, 0.4) is 0 Å². The van der Waals surface area contributed by atoms with Crippen LogP contribution < -0.4 is 5.32 Å². The summed E-state index contributed by atoms with van der Waals surface area (Å²) in [5.74, 6) is 0.931. The predicted molar refractivity (Wildman–Crippen MR) is 89.2 cm³/mol. The third-order valence-electron chi connectivity index (χ3n) is 3.64. The molecule has 2 rings (SSSR count). The Morgan fingerprint density at radius 2 is 2.22 bits per heavy atom. The number of carbonyl (C=O) groups excluding carboxylic acids is 1. The molecule has 2 heterocycles. The van der Waals surface area contributed by atoms with Crippen LogP contribution in [0.2, 0.25) is 0 Å². The highest BCUT2D eigenvalue weighted by Crippen LogP contribution is 2.16. The maximum absolute atomic E-state index is 11.6. The summed E-state index contributed by atoms with van der Waals surface area (Å²) in [6.45, 7) is 10.9. The molecule has 1 aliphatic heterocycles. The average Bonchev–Trinajstić information content (AvgIpc) is 2.45. The SMILES string of the molecule is CCCc1ncc2c(n1)CN(CCNC(=O)OC(C)(C)C)CC2. The fourth-order valence-electron chi connectivity index (χ4n) is 2.56. The van der Waals surface area contributed by atoms with Crippen molar-refractivity contribution in [3.63, 3.8) is 0 Å². The lowest BCUT2D eigenvalue weighted by Gasteiger charge is -2.28. The Kier molecular flexibility index (Phi) is 5.93. The van der Waals surface area contributed by atoms with Crippen molar-refractivity contribution in [1.82, 2.24) is 20.2 Å². The number of aromatic nitrogens is 2. The lowest BCUT2D eigenvalue weighted by Crippen LogP contribution is -2.40. The van der Waals surface area contributed by atoms with Gasteiger partial charge in [0.05, 0.1) is 5.69 Å². The molecule has 0 fully saturated rings. The van der Waals surface area contributed by atoms with Gasteiger partial charge >= 0.3 is 6.09 Å². The van der Waals surface area contributed by atoms with Crippen LogP contribution in [0.1, 0.15) is 51.2 Å². The van der Waals surface area contributed by atoms with E-state index in [0.717, 1.165) is 50.4 Å². The van der Waals surface area contributed by atoms with E-state index in [1.165, 1.54) is 5.56 Å². The van der Waals surface area contributed by atoms with Crippen LogP contribution in [0.4, 0.5) is 4.79 Å². The Bertz CT molecular complexity index is 540. The van der Waals surface area contributed by atoms with Gasteiger partial charge in [0.1, 0.15) is 11.4 Å². The lowest BCUT2D eigenvalue weighted by atomic mass is 10.1. The van der Waals surface area contributed by atoms with Crippen LogP contribution in [0.25, 0.3) is 0 Å². The second-order valence-corrected chi connectivity index (χ2v) is 6.96. The molecule has 6 heteroatoms. The van der Waals surface area contributed by atoms with E-state index in [4.69, 9.17) is 4.74 Å². The monoisotopic (exact) mass is 320 g/mol. The van der Waals surface area contributed by atoms with Crippen LogP contribution in [0.5, 0.6) is 0 Å². The zero-order chi connectivity index (χ0) is 16.9. The molecule has 0 spiro atoms. The summed E-state index contributed by atoms with van der Waals surface area (Å²) in [6.07, 6.45) is 4.57. The van der Waals surface area contributed by atoms with Crippen LogP contribution >= 0.6 is 0 Å². The van der Waals surface area contributed by atoms with Crippen molar-refractivity contribution in [3.05, 3.63) is 23.3 Å². The zero-order valence-corrected chi connectivity index (χ0v) is 14.7. The molecule has 0 saturated heterocycles. The van der Waals surface area contributed by atoms with Gasteiger partial charge in [-0.05, 0) is 39.2 Å². The van der Waals surface area contributed by atoms with Gasteiger partial charge in [-0.2, -0.15) is 0 Å². The van der Waals surface area contributed by atoms with Crippen molar-refractivity contribution in [3.8, 4) is 0 Å². The first-order valence-electron chi connectivity index (χ1n) is 8.40. The first kappa shape index (κ1) is 17.7. The minimum absolute atomic E-state index is 0.359. The number of hydrogen-bond acceptors (Lipinski definition) is 5. The van der Waals surface area contributed by atoms with Crippen molar-refractivity contribution >= 4 is 6.09 Å². The van der Waals surface area contributed by atoms with Crippen molar-refractivity contribution < 1.29 is 9.53 Å². The molecule has 0 aromatic carbocycles. The van der Waals surface area contributed by atoms with Gasteiger partial charge in [0, 0.05) is 38.8 Å². The molecule has 1 N–H and O–H groups in total. The van der Waals surface area contributed by atoms with E-state index in [0.29, 0.717) is 6.54 Å². The van der Waals surface area contributed by atoms with Crippen LogP contribution in [0.15, 0.2) is 6.20 Å². The van der Waals surface area contributed by atoms with E-state index in [9.17, 15) is 4.79 Å². The minimum atomic E-state index is -0.458. The molecule has 0 unspecified atom stereocenters. The van der Waals surface area contributed by atoms with Crippen molar-refractivity contribution in [2.45, 2.75) is 59.1 Å². The summed E-state index contributed by atoms with van der Waals surface area (Å²) >= 11 is 0. The maximum Gasteiger partial charge on any atom is 0.407 e. The Hall–Kier alpha value is -1.69. The highest BCUT2D eigenvalue weighted by Gasteiger charge is 2.19. The Morgan fingerprint density at radius 3 is 2.91 bits per heavy atom. The van der Waals surface area contributed by atoms with Gasteiger partial charge in [0.15, 0.2) is 0 Å². The molecular formula is C17H28N4O2. The van der Waals surface area contributed by atoms with Gasteiger partial charge in [0.25, 0.3) is 0 Å².